The SMILES string of the molecule is COc1ccccc1CNC(=O)c1c(O)c(Cl)cc(Cl)c1Cl. The van der Waals surface area contributed by atoms with E-state index in [-0.39, 0.29) is 27.2 Å². The van der Waals surface area contributed by atoms with E-state index in [4.69, 9.17) is 39.5 Å². The van der Waals surface area contributed by atoms with Gasteiger partial charge in [0.25, 0.3) is 5.91 Å². The maximum absolute atomic E-state index is 12.3. The van der Waals surface area contributed by atoms with Gasteiger partial charge in [-0.3, -0.25) is 4.79 Å². The van der Waals surface area contributed by atoms with Gasteiger partial charge in [-0.1, -0.05) is 53.0 Å². The second kappa shape index (κ2) is 7.09. The van der Waals surface area contributed by atoms with Gasteiger partial charge in [0.2, 0.25) is 0 Å². The molecule has 0 saturated heterocycles. The molecule has 0 spiro atoms. The van der Waals surface area contributed by atoms with Crippen LogP contribution < -0.4 is 10.1 Å². The summed E-state index contributed by atoms with van der Waals surface area (Å²) in [4.78, 5) is 12.3. The number of methoxy groups -OCH3 is 1. The Morgan fingerprint density at radius 2 is 1.91 bits per heavy atom. The highest BCUT2D eigenvalue weighted by atomic mass is 35.5. The molecule has 2 aromatic carbocycles. The first kappa shape index (κ1) is 16.7. The topological polar surface area (TPSA) is 58.6 Å². The molecule has 0 aliphatic heterocycles. The first-order chi connectivity index (χ1) is 10.5. The predicted molar refractivity (Wildman–Crippen MR) is 87.3 cm³/mol. The summed E-state index contributed by atoms with van der Waals surface area (Å²) in [6.45, 7) is 0.197. The summed E-state index contributed by atoms with van der Waals surface area (Å²) < 4.78 is 5.20. The molecule has 0 fully saturated rings. The first-order valence-electron chi connectivity index (χ1n) is 6.22. The molecule has 0 atom stereocenters. The molecule has 116 valence electrons. The number of para-hydroxylation sites is 1. The largest absolute Gasteiger partial charge is 0.505 e. The van der Waals surface area contributed by atoms with Crippen LogP contribution in [-0.2, 0) is 6.54 Å². The van der Waals surface area contributed by atoms with Crippen LogP contribution in [0.1, 0.15) is 15.9 Å². The second-order valence-corrected chi connectivity index (χ2v) is 5.56. The van der Waals surface area contributed by atoms with Gasteiger partial charge in [-0.25, -0.2) is 0 Å². The summed E-state index contributed by atoms with van der Waals surface area (Å²) in [6, 6.07) is 8.51. The van der Waals surface area contributed by atoms with Crippen LogP contribution in [0.15, 0.2) is 30.3 Å². The van der Waals surface area contributed by atoms with E-state index in [1.54, 1.807) is 13.2 Å². The zero-order valence-electron chi connectivity index (χ0n) is 11.5. The Morgan fingerprint density at radius 1 is 1.23 bits per heavy atom. The number of carbonyl (C=O) groups is 1. The number of aromatic hydroxyl groups is 1. The lowest BCUT2D eigenvalue weighted by molar-refractivity contribution is 0.0948. The number of benzene rings is 2. The molecular formula is C15H12Cl3NO3. The lowest BCUT2D eigenvalue weighted by Crippen LogP contribution is -2.23. The van der Waals surface area contributed by atoms with Crippen molar-refractivity contribution in [1.29, 1.82) is 0 Å². The van der Waals surface area contributed by atoms with Crippen LogP contribution in [0.25, 0.3) is 0 Å². The van der Waals surface area contributed by atoms with Crippen molar-refractivity contribution in [3.63, 3.8) is 0 Å². The van der Waals surface area contributed by atoms with E-state index in [1.165, 1.54) is 6.07 Å². The Balaban J connectivity index is 2.24. The normalized spacial score (nSPS) is 10.4. The minimum absolute atomic E-state index is 0.0446. The third-order valence-corrected chi connectivity index (χ3v) is 4.08. The molecule has 0 heterocycles. The van der Waals surface area contributed by atoms with Gasteiger partial charge in [-0.15, -0.1) is 0 Å². The summed E-state index contributed by atoms with van der Waals surface area (Å²) in [7, 11) is 1.54. The summed E-state index contributed by atoms with van der Waals surface area (Å²) in [5.41, 5.74) is 0.621. The average Bonchev–Trinajstić information content (AvgIpc) is 2.51. The molecule has 0 bridgehead atoms. The van der Waals surface area contributed by atoms with Gasteiger partial charge in [0, 0.05) is 12.1 Å². The van der Waals surface area contributed by atoms with E-state index in [0.29, 0.717) is 5.75 Å². The van der Waals surface area contributed by atoms with Crippen LogP contribution in [0.4, 0.5) is 0 Å². The number of nitrogens with one attached hydrogen (secondary N) is 1. The van der Waals surface area contributed by atoms with Crippen LogP contribution in [0.5, 0.6) is 11.5 Å². The molecule has 0 aromatic heterocycles. The number of rotatable bonds is 4. The number of carbonyl (C=O) groups excluding carboxylic acids is 1. The van der Waals surface area contributed by atoms with Crippen LogP contribution in [-0.4, -0.2) is 18.1 Å². The number of hydrogen-bond donors (Lipinski definition) is 2. The molecule has 1 amide bonds. The fraction of sp³-hybridized carbons (Fsp3) is 0.133. The Hall–Kier alpha value is -1.62. The molecule has 2 aromatic rings. The summed E-state index contributed by atoms with van der Waals surface area (Å²) in [5.74, 6) is -0.353. The van der Waals surface area contributed by atoms with Gasteiger partial charge in [-0.2, -0.15) is 0 Å². The maximum Gasteiger partial charge on any atom is 0.256 e. The number of ether oxygens (including phenoxy) is 1. The molecule has 4 nitrogen and oxygen atoms in total. The van der Waals surface area contributed by atoms with Crippen LogP contribution in [0.3, 0.4) is 0 Å². The highest BCUT2D eigenvalue weighted by molar-refractivity contribution is 6.45. The van der Waals surface area contributed by atoms with E-state index in [1.807, 2.05) is 18.2 Å². The highest BCUT2D eigenvalue weighted by Crippen LogP contribution is 2.38. The van der Waals surface area contributed by atoms with Crippen molar-refractivity contribution in [3.8, 4) is 11.5 Å². The monoisotopic (exact) mass is 359 g/mol. The standard InChI is InChI=1S/C15H12Cl3NO3/c1-22-11-5-3-2-4-8(11)7-19-15(21)12-13(18)9(16)6-10(17)14(12)20/h2-6,20H,7H2,1H3,(H,19,21). The third-order valence-electron chi connectivity index (χ3n) is 3.00. The Kier molecular flexibility index (Phi) is 5.40. The van der Waals surface area contributed by atoms with E-state index in [2.05, 4.69) is 5.32 Å². The second-order valence-electron chi connectivity index (χ2n) is 4.37. The van der Waals surface area contributed by atoms with Crippen molar-refractivity contribution in [2.45, 2.75) is 6.54 Å². The van der Waals surface area contributed by atoms with Crippen molar-refractivity contribution < 1.29 is 14.6 Å². The van der Waals surface area contributed by atoms with Crippen molar-refractivity contribution in [2.75, 3.05) is 7.11 Å². The van der Waals surface area contributed by atoms with Crippen molar-refractivity contribution in [3.05, 3.63) is 56.5 Å². The van der Waals surface area contributed by atoms with Gasteiger partial charge < -0.3 is 15.2 Å². The minimum atomic E-state index is -0.585. The van der Waals surface area contributed by atoms with E-state index in [9.17, 15) is 9.90 Å². The third kappa shape index (κ3) is 3.40. The molecule has 0 saturated carbocycles. The summed E-state index contributed by atoms with van der Waals surface area (Å²) in [6.07, 6.45) is 0. The molecule has 0 aliphatic rings. The Morgan fingerprint density at radius 3 is 2.59 bits per heavy atom. The molecule has 2 rings (SSSR count). The predicted octanol–water partition coefficient (Wildman–Crippen LogP) is 4.29. The number of hydrogen-bond acceptors (Lipinski definition) is 3. The lowest BCUT2D eigenvalue weighted by atomic mass is 10.1. The van der Waals surface area contributed by atoms with E-state index >= 15 is 0 Å². The van der Waals surface area contributed by atoms with E-state index in [0.717, 1.165) is 5.56 Å². The van der Waals surface area contributed by atoms with Gasteiger partial charge in [0.05, 0.1) is 22.2 Å². The van der Waals surface area contributed by atoms with Gasteiger partial charge in [0.1, 0.15) is 17.1 Å². The Labute approximate surface area is 142 Å². The molecule has 22 heavy (non-hydrogen) atoms. The molecular weight excluding hydrogens is 349 g/mol. The van der Waals surface area contributed by atoms with Gasteiger partial charge in [-0.05, 0) is 12.1 Å². The lowest BCUT2D eigenvalue weighted by Gasteiger charge is -2.12. The average molecular weight is 361 g/mol. The molecule has 2 N–H and O–H groups in total. The van der Waals surface area contributed by atoms with Crippen LogP contribution in [0, 0.1) is 0 Å². The summed E-state index contributed by atoms with van der Waals surface area (Å²) in [5, 5.41) is 12.5. The zero-order chi connectivity index (χ0) is 16.3. The first-order valence-corrected chi connectivity index (χ1v) is 7.35. The molecule has 0 unspecified atom stereocenters. The smallest absolute Gasteiger partial charge is 0.256 e. The fourth-order valence-corrected chi connectivity index (χ4v) is 2.60. The fourth-order valence-electron chi connectivity index (χ4n) is 1.91. The van der Waals surface area contributed by atoms with Gasteiger partial charge >= 0.3 is 0 Å². The minimum Gasteiger partial charge on any atom is -0.505 e. The molecule has 7 heteroatoms. The maximum atomic E-state index is 12.3. The van der Waals surface area contributed by atoms with Crippen molar-refractivity contribution >= 4 is 40.7 Å². The zero-order valence-corrected chi connectivity index (χ0v) is 13.8. The van der Waals surface area contributed by atoms with E-state index < -0.39 is 11.7 Å². The number of amides is 1. The molecule has 0 aliphatic carbocycles. The van der Waals surface area contributed by atoms with Crippen LogP contribution >= 0.6 is 34.8 Å². The van der Waals surface area contributed by atoms with Crippen molar-refractivity contribution in [2.24, 2.45) is 0 Å². The van der Waals surface area contributed by atoms with Crippen LogP contribution in [0.2, 0.25) is 15.1 Å². The van der Waals surface area contributed by atoms with Crippen molar-refractivity contribution in [1.82, 2.24) is 5.32 Å². The number of halogens is 3. The van der Waals surface area contributed by atoms with Gasteiger partial charge in [0.15, 0.2) is 0 Å². The number of phenolic OH excluding ortho intramolecular Hbond substituents is 1. The number of phenols is 1. The summed E-state index contributed by atoms with van der Waals surface area (Å²) >= 11 is 17.6. The quantitative estimate of drug-likeness (QED) is 0.800. The Bertz CT molecular complexity index is 693. The molecule has 0 radical (unpaired) electrons. The highest BCUT2D eigenvalue weighted by Gasteiger charge is 2.21.